The highest BCUT2D eigenvalue weighted by Gasteiger charge is 2.43. The van der Waals surface area contributed by atoms with Crippen molar-refractivity contribution < 1.29 is 28.7 Å². The smallest absolute Gasteiger partial charge is 0.408 e. The minimum Gasteiger partial charge on any atom is -0.458 e. The van der Waals surface area contributed by atoms with Crippen molar-refractivity contribution in [3.63, 3.8) is 0 Å². The number of nitrogens with one attached hydrogen (secondary N) is 2. The van der Waals surface area contributed by atoms with E-state index in [-0.39, 0.29) is 18.4 Å². The van der Waals surface area contributed by atoms with Crippen LogP contribution in [-0.4, -0.2) is 70.1 Å². The molecule has 3 rings (SSSR count). The summed E-state index contributed by atoms with van der Waals surface area (Å²) in [4.78, 5) is 57.4. The minimum atomic E-state index is -1.05. The summed E-state index contributed by atoms with van der Waals surface area (Å²) in [6.07, 6.45) is 4.19. The Labute approximate surface area is 284 Å². The maximum atomic E-state index is 14.6. The predicted molar refractivity (Wildman–Crippen MR) is 187 cm³/mol. The van der Waals surface area contributed by atoms with Crippen molar-refractivity contribution in [2.75, 3.05) is 12.0 Å². The number of carbonyl (C=O) groups excluding carboxylic acids is 4. The van der Waals surface area contributed by atoms with E-state index in [1.165, 1.54) is 0 Å². The second kappa shape index (κ2) is 16.5. The zero-order chi connectivity index (χ0) is 34.9. The van der Waals surface area contributed by atoms with Crippen LogP contribution in [0.5, 0.6) is 0 Å². The van der Waals surface area contributed by atoms with Gasteiger partial charge in [0, 0.05) is 12.5 Å². The molecule has 2 aromatic rings. The number of esters is 1. The highest BCUT2D eigenvalue weighted by atomic mass is 32.2. The summed E-state index contributed by atoms with van der Waals surface area (Å²) in [5, 5.41) is 5.80. The Bertz CT molecular complexity index is 1360. The Balaban J connectivity index is 2.09. The molecule has 2 N–H and O–H groups in total. The molecule has 10 heteroatoms. The zero-order valence-electron chi connectivity index (χ0n) is 29.5. The quantitative estimate of drug-likeness (QED) is 0.236. The van der Waals surface area contributed by atoms with Crippen LogP contribution in [0.1, 0.15) is 95.5 Å². The highest BCUT2D eigenvalue weighted by molar-refractivity contribution is 7.98. The molecule has 0 spiro atoms. The van der Waals surface area contributed by atoms with Gasteiger partial charge in [-0.2, -0.15) is 11.8 Å². The predicted octanol–water partition coefficient (Wildman–Crippen LogP) is 6.44. The van der Waals surface area contributed by atoms with E-state index in [2.05, 4.69) is 10.6 Å². The third kappa shape index (κ3) is 11.9. The van der Waals surface area contributed by atoms with E-state index in [1.807, 2.05) is 68.6 Å². The van der Waals surface area contributed by atoms with Gasteiger partial charge in [0.2, 0.25) is 11.8 Å². The largest absolute Gasteiger partial charge is 0.458 e. The number of rotatable bonds is 13. The number of aryl methyl sites for hydroxylation is 2. The Morgan fingerprint density at radius 2 is 1.47 bits per heavy atom. The molecule has 258 valence electrons. The first kappa shape index (κ1) is 37.9. The standard InChI is InChI=1S/C37H53N3O6S/c1-24-20-25(2)22-27(21-24)31(32(41)38-30(34(43)45-36(3,4)5)23-26-14-11-10-12-15-26)40(28-16-13-17-28)33(42)29(18-19-47-9)39-35(44)46-37(6,7)8/h10-12,14-15,20-22,28-31H,13,16-19,23H2,1-9H3,(H,38,41)(H,39,44). The third-order valence-electron chi connectivity index (χ3n) is 7.70. The normalized spacial score (nSPS) is 15.4. The van der Waals surface area contributed by atoms with Gasteiger partial charge < -0.3 is 25.0 Å². The highest BCUT2D eigenvalue weighted by Crippen LogP contribution is 2.35. The van der Waals surface area contributed by atoms with Gasteiger partial charge in [-0.3, -0.25) is 9.59 Å². The summed E-state index contributed by atoms with van der Waals surface area (Å²) in [5.41, 5.74) is 1.87. The second-order valence-corrected chi connectivity index (χ2v) is 15.4. The van der Waals surface area contributed by atoms with E-state index in [4.69, 9.17) is 9.47 Å². The Hall–Kier alpha value is -3.53. The number of nitrogens with zero attached hydrogens (tertiary/aromatic N) is 1. The molecule has 3 unspecified atom stereocenters. The molecule has 1 fully saturated rings. The Kier molecular flexibility index (Phi) is 13.3. The van der Waals surface area contributed by atoms with Gasteiger partial charge >= 0.3 is 12.1 Å². The van der Waals surface area contributed by atoms with Crippen molar-refractivity contribution in [1.29, 1.82) is 0 Å². The molecule has 0 bridgehead atoms. The van der Waals surface area contributed by atoms with Crippen LogP contribution in [0.4, 0.5) is 4.79 Å². The summed E-state index contributed by atoms with van der Waals surface area (Å²) in [5.74, 6) is -0.781. The zero-order valence-corrected chi connectivity index (χ0v) is 30.3. The summed E-state index contributed by atoms with van der Waals surface area (Å²) in [7, 11) is 0. The van der Waals surface area contributed by atoms with Gasteiger partial charge in [-0.25, -0.2) is 9.59 Å². The van der Waals surface area contributed by atoms with Crippen molar-refractivity contribution in [3.8, 4) is 0 Å². The van der Waals surface area contributed by atoms with Crippen LogP contribution < -0.4 is 10.6 Å². The number of benzene rings is 2. The van der Waals surface area contributed by atoms with Gasteiger partial charge in [0.25, 0.3) is 0 Å². The van der Waals surface area contributed by atoms with Gasteiger partial charge in [-0.15, -0.1) is 0 Å². The lowest BCUT2D eigenvalue weighted by molar-refractivity contribution is -0.159. The van der Waals surface area contributed by atoms with Crippen molar-refractivity contribution in [2.24, 2.45) is 0 Å². The van der Waals surface area contributed by atoms with Gasteiger partial charge in [0.05, 0.1) is 0 Å². The fraction of sp³-hybridized carbons (Fsp3) is 0.568. The van der Waals surface area contributed by atoms with Crippen LogP contribution in [0, 0.1) is 13.8 Å². The monoisotopic (exact) mass is 667 g/mol. The van der Waals surface area contributed by atoms with Crippen LogP contribution in [-0.2, 0) is 30.3 Å². The number of hydrogen-bond acceptors (Lipinski definition) is 7. The van der Waals surface area contributed by atoms with Gasteiger partial charge in [0.1, 0.15) is 29.3 Å². The SMILES string of the molecule is CSCCC(NC(=O)OC(C)(C)C)C(=O)N(C1CCC1)C(C(=O)NC(Cc1ccccc1)C(=O)OC(C)(C)C)c1cc(C)cc(C)c1. The lowest BCUT2D eigenvalue weighted by atomic mass is 9.87. The fourth-order valence-corrected chi connectivity index (χ4v) is 6.05. The van der Waals surface area contributed by atoms with E-state index in [9.17, 15) is 19.2 Å². The van der Waals surface area contributed by atoms with Crippen LogP contribution >= 0.6 is 11.8 Å². The molecule has 0 saturated heterocycles. The summed E-state index contributed by atoms with van der Waals surface area (Å²) in [6.45, 7) is 14.6. The van der Waals surface area contributed by atoms with Crippen molar-refractivity contribution in [3.05, 3.63) is 70.8 Å². The van der Waals surface area contributed by atoms with E-state index < -0.39 is 47.3 Å². The fourth-order valence-electron chi connectivity index (χ4n) is 5.58. The Morgan fingerprint density at radius 3 is 1.98 bits per heavy atom. The lowest BCUT2D eigenvalue weighted by Gasteiger charge is -2.44. The molecule has 1 aliphatic carbocycles. The summed E-state index contributed by atoms with van der Waals surface area (Å²) >= 11 is 1.57. The molecule has 47 heavy (non-hydrogen) atoms. The molecule has 1 saturated carbocycles. The van der Waals surface area contributed by atoms with Crippen LogP contribution in [0.25, 0.3) is 0 Å². The molecular formula is C37H53N3O6S. The number of thioether (sulfide) groups is 1. The van der Waals surface area contributed by atoms with Crippen LogP contribution in [0.2, 0.25) is 0 Å². The molecule has 0 heterocycles. The number of amides is 3. The molecule has 3 atom stereocenters. The summed E-state index contributed by atoms with van der Waals surface area (Å²) in [6, 6.07) is 12.1. The maximum Gasteiger partial charge on any atom is 0.408 e. The molecule has 2 aromatic carbocycles. The van der Waals surface area contributed by atoms with Gasteiger partial charge in [-0.1, -0.05) is 59.7 Å². The average Bonchev–Trinajstić information content (AvgIpc) is 2.91. The minimum absolute atomic E-state index is 0.217. The lowest BCUT2D eigenvalue weighted by Crippen LogP contribution is -2.58. The summed E-state index contributed by atoms with van der Waals surface area (Å²) < 4.78 is 11.3. The van der Waals surface area contributed by atoms with E-state index >= 15 is 0 Å². The first-order valence-electron chi connectivity index (χ1n) is 16.4. The molecule has 0 aromatic heterocycles. The van der Waals surface area contributed by atoms with Crippen molar-refractivity contribution in [1.82, 2.24) is 15.5 Å². The van der Waals surface area contributed by atoms with Gasteiger partial charge in [0.15, 0.2) is 0 Å². The second-order valence-electron chi connectivity index (χ2n) is 14.4. The molecule has 3 amide bonds. The van der Waals surface area contributed by atoms with Gasteiger partial charge in [-0.05, 0) is 104 Å². The van der Waals surface area contributed by atoms with Crippen LogP contribution in [0.15, 0.2) is 48.5 Å². The molecule has 0 aliphatic heterocycles. The molecule has 0 radical (unpaired) electrons. The van der Waals surface area contributed by atoms with Crippen LogP contribution in [0.3, 0.4) is 0 Å². The maximum absolute atomic E-state index is 14.6. The Morgan fingerprint density at radius 1 is 0.872 bits per heavy atom. The van der Waals surface area contributed by atoms with E-state index in [0.717, 1.165) is 36.0 Å². The first-order chi connectivity index (χ1) is 22.0. The average molecular weight is 668 g/mol. The van der Waals surface area contributed by atoms with E-state index in [0.29, 0.717) is 17.7 Å². The van der Waals surface area contributed by atoms with E-state index in [1.54, 1.807) is 58.2 Å². The molecule has 9 nitrogen and oxygen atoms in total. The molecule has 1 aliphatic rings. The third-order valence-corrected chi connectivity index (χ3v) is 8.34. The number of carbonyl (C=O) groups is 4. The molecular weight excluding hydrogens is 614 g/mol. The van der Waals surface area contributed by atoms with Crippen molar-refractivity contribution in [2.45, 2.75) is 123 Å². The number of hydrogen-bond donors (Lipinski definition) is 2. The number of ether oxygens (including phenoxy) is 2. The van der Waals surface area contributed by atoms with Crippen molar-refractivity contribution >= 4 is 35.6 Å². The first-order valence-corrected chi connectivity index (χ1v) is 17.8. The number of alkyl carbamates (subject to hydrolysis) is 1. The topological polar surface area (TPSA) is 114 Å².